The minimum atomic E-state index is -3.31. The van der Waals surface area contributed by atoms with E-state index in [0.29, 0.717) is 13.2 Å². The zero-order chi connectivity index (χ0) is 13.0. The number of cyclic esters (lactones) is 1. The Hall–Kier alpha value is -0.750. The molecule has 0 spiro atoms. The predicted molar refractivity (Wildman–Crippen MR) is 60.5 cm³/mol. The van der Waals surface area contributed by atoms with E-state index in [1.165, 1.54) is 12.8 Å². The maximum absolute atomic E-state index is 12.8. The average Bonchev–Trinajstić information content (AvgIpc) is 3.06. The number of ether oxygens (including phenoxy) is 2. The van der Waals surface area contributed by atoms with Gasteiger partial charge < -0.3 is 14.8 Å². The Kier molecular flexibility index (Phi) is 4.50. The van der Waals surface area contributed by atoms with Gasteiger partial charge in [0.05, 0.1) is 6.42 Å². The molecule has 104 valence electrons. The van der Waals surface area contributed by atoms with Crippen LogP contribution in [0.3, 0.4) is 0 Å². The fraction of sp³-hybridized carbons (Fsp3) is 0.917. The molecule has 1 aliphatic carbocycles. The zero-order valence-corrected chi connectivity index (χ0v) is 10.3. The summed E-state index contributed by atoms with van der Waals surface area (Å²) in [6.45, 7) is 2.49. The number of halogens is 2. The number of rotatable bonds is 8. The molecule has 1 unspecified atom stereocenters. The molecular formula is C12H19F2NO3. The van der Waals surface area contributed by atoms with Crippen LogP contribution >= 0.6 is 0 Å². The van der Waals surface area contributed by atoms with Gasteiger partial charge in [0.1, 0.15) is 6.10 Å². The highest BCUT2D eigenvalue weighted by molar-refractivity contribution is 5.79. The lowest BCUT2D eigenvalue weighted by Crippen LogP contribution is -2.28. The Morgan fingerprint density at radius 2 is 2.22 bits per heavy atom. The summed E-state index contributed by atoms with van der Waals surface area (Å²) >= 11 is 0. The lowest BCUT2D eigenvalue weighted by molar-refractivity contribution is -0.159. The van der Waals surface area contributed by atoms with Crippen molar-refractivity contribution in [2.75, 3.05) is 26.3 Å². The Morgan fingerprint density at radius 1 is 1.44 bits per heavy atom. The molecule has 1 atom stereocenters. The predicted octanol–water partition coefficient (Wildman–Crippen LogP) is 1.34. The first-order chi connectivity index (χ1) is 8.58. The molecule has 4 nitrogen and oxygen atoms in total. The smallest absolute Gasteiger partial charge is 0.377 e. The maximum Gasteiger partial charge on any atom is 0.377 e. The normalized spacial score (nSPS) is 26.3. The largest absolute Gasteiger partial charge is 0.456 e. The molecule has 1 heterocycles. The fourth-order valence-corrected chi connectivity index (χ4v) is 1.86. The van der Waals surface area contributed by atoms with Gasteiger partial charge in [-0.25, -0.2) is 4.79 Å². The first kappa shape index (κ1) is 13.7. The molecule has 6 heteroatoms. The number of esters is 1. The van der Waals surface area contributed by atoms with Gasteiger partial charge in [-0.1, -0.05) is 0 Å². The lowest BCUT2D eigenvalue weighted by Gasteiger charge is -2.09. The van der Waals surface area contributed by atoms with Crippen molar-refractivity contribution in [1.29, 1.82) is 0 Å². The molecule has 18 heavy (non-hydrogen) atoms. The second-order valence-electron chi connectivity index (χ2n) is 5.01. The van der Waals surface area contributed by atoms with Crippen LogP contribution < -0.4 is 5.32 Å². The van der Waals surface area contributed by atoms with Gasteiger partial charge in [0, 0.05) is 19.8 Å². The van der Waals surface area contributed by atoms with E-state index in [1.807, 2.05) is 0 Å². The summed E-state index contributed by atoms with van der Waals surface area (Å²) in [5.41, 5.74) is 0. The molecule has 0 aromatic heterocycles. The van der Waals surface area contributed by atoms with Gasteiger partial charge in [0.2, 0.25) is 0 Å². The van der Waals surface area contributed by atoms with Crippen molar-refractivity contribution in [2.45, 2.75) is 37.7 Å². The van der Waals surface area contributed by atoms with Crippen LogP contribution in [0.4, 0.5) is 8.78 Å². The molecule has 0 bridgehead atoms. The van der Waals surface area contributed by atoms with Crippen molar-refractivity contribution < 1.29 is 23.0 Å². The summed E-state index contributed by atoms with van der Waals surface area (Å²) in [5.74, 6) is -3.94. The SMILES string of the molecule is O=C1OC(CNCCCOCC2CC2)CC1(F)F. The van der Waals surface area contributed by atoms with E-state index in [0.717, 1.165) is 18.9 Å². The van der Waals surface area contributed by atoms with Crippen molar-refractivity contribution in [3.8, 4) is 0 Å². The minimum Gasteiger partial charge on any atom is -0.456 e. The molecule has 2 aliphatic rings. The van der Waals surface area contributed by atoms with Gasteiger partial charge >= 0.3 is 11.9 Å². The van der Waals surface area contributed by atoms with Crippen LogP contribution in [0.5, 0.6) is 0 Å². The molecule has 1 saturated heterocycles. The van der Waals surface area contributed by atoms with Crippen molar-refractivity contribution >= 4 is 5.97 Å². The lowest BCUT2D eigenvalue weighted by atomic mass is 10.2. The summed E-state index contributed by atoms with van der Waals surface area (Å²) < 4.78 is 35.6. The van der Waals surface area contributed by atoms with Crippen molar-refractivity contribution in [1.82, 2.24) is 5.32 Å². The summed E-state index contributed by atoms with van der Waals surface area (Å²) in [5, 5.41) is 3.00. The molecule has 0 radical (unpaired) electrons. The number of carbonyl (C=O) groups excluding carboxylic acids is 1. The Balaban J connectivity index is 1.44. The van der Waals surface area contributed by atoms with Crippen molar-refractivity contribution in [3.05, 3.63) is 0 Å². The number of hydrogen-bond acceptors (Lipinski definition) is 4. The molecule has 2 fully saturated rings. The van der Waals surface area contributed by atoms with Crippen LogP contribution in [0.25, 0.3) is 0 Å². The quantitative estimate of drug-likeness (QED) is 0.530. The summed E-state index contributed by atoms with van der Waals surface area (Å²) in [7, 11) is 0. The fourth-order valence-electron chi connectivity index (χ4n) is 1.86. The average molecular weight is 263 g/mol. The minimum absolute atomic E-state index is 0.282. The third kappa shape index (κ3) is 4.17. The molecule has 0 amide bonds. The molecule has 0 aromatic carbocycles. The second kappa shape index (κ2) is 5.93. The first-order valence-electron chi connectivity index (χ1n) is 6.45. The van der Waals surface area contributed by atoms with Gasteiger partial charge in [-0.05, 0) is 31.7 Å². The number of alkyl halides is 2. The number of carbonyl (C=O) groups is 1. The van der Waals surface area contributed by atoms with Crippen LogP contribution in [-0.4, -0.2) is 44.3 Å². The monoisotopic (exact) mass is 263 g/mol. The molecule has 2 rings (SSSR count). The highest BCUT2D eigenvalue weighted by atomic mass is 19.3. The van der Waals surface area contributed by atoms with Crippen molar-refractivity contribution in [3.63, 3.8) is 0 Å². The molecule has 1 saturated carbocycles. The second-order valence-corrected chi connectivity index (χ2v) is 5.01. The van der Waals surface area contributed by atoms with Crippen LogP contribution in [-0.2, 0) is 14.3 Å². The van der Waals surface area contributed by atoms with Crippen LogP contribution in [0.15, 0.2) is 0 Å². The Morgan fingerprint density at radius 3 is 2.83 bits per heavy atom. The summed E-state index contributed by atoms with van der Waals surface area (Å²) in [6.07, 6.45) is 2.17. The van der Waals surface area contributed by atoms with E-state index in [9.17, 15) is 13.6 Å². The summed E-state index contributed by atoms with van der Waals surface area (Å²) in [6, 6.07) is 0. The van der Waals surface area contributed by atoms with Gasteiger partial charge in [-0.15, -0.1) is 0 Å². The van der Waals surface area contributed by atoms with E-state index in [-0.39, 0.29) is 6.54 Å². The molecule has 1 N–H and O–H groups in total. The third-order valence-electron chi connectivity index (χ3n) is 3.12. The topological polar surface area (TPSA) is 47.6 Å². The third-order valence-corrected chi connectivity index (χ3v) is 3.12. The Bertz CT molecular complexity index is 295. The van der Waals surface area contributed by atoms with Gasteiger partial charge in [0.25, 0.3) is 0 Å². The van der Waals surface area contributed by atoms with E-state index in [1.54, 1.807) is 0 Å². The van der Waals surface area contributed by atoms with Crippen molar-refractivity contribution in [2.24, 2.45) is 5.92 Å². The number of nitrogens with one attached hydrogen (secondary N) is 1. The van der Waals surface area contributed by atoms with Crippen LogP contribution in [0, 0.1) is 5.92 Å². The number of hydrogen-bond donors (Lipinski definition) is 1. The Labute approximate surface area is 105 Å². The standard InChI is InChI=1S/C12H19F2NO3/c13-12(14)6-10(18-11(12)16)7-15-4-1-5-17-8-9-2-3-9/h9-10,15H,1-8H2. The van der Waals surface area contributed by atoms with E-state index in [4.69, 9.17) is 4.74 Å². The highest BCUT2D eigenvalue weighted by Crippen LogP contribution is 2.30. The van der Waals surface area contributed by atoms with Gasteiger partial charge in [-0.3, -0.25) is 0 Å². The van der Waals surface area contributed by atoms with E-state index >= 15 is 0 Å². The van der Waals surface area contributed by atoms with E-state index < -0.39 is 24.4 Å². The molecule has 0 aromatic rings. The van der Waals surface area contributed by atoms with Gasteiger partial charge in [0.15, 0.2) is 0 Å². The van der Waals surface area contributed by atoms with Crippen LogP contribution in [0.2, 0.25) is 0 Å². The van der Waals surface area contributed by atoms with Gasteiger partial charge in [-0.2, -0.15) is 8.78 Å². The van der Waals surface area contributed by atoms with E-state index in [2.05, 4.69) is 10.1 Å². The molecular weight excluding hydrogens is 244 g/mol. The maximum atomic E-state index is 12.8. The summed E-state index contributed by atoms with van der Waals surface area (Å²) in [4.78, 5) is 10.7. The first-order valence-corrected chi connectivity index (χ1v) is 6.45. The zero-order valence-electron chi connectivity index (χ0n) is 10.3. The highest BCUT2D eigenvalue weighted by Gasteiger charge is 2.50. The molecule has 1 aliphatic heterocycles. The van der Waals surface area contributed by atoms with Crippen LogP contribution in [0.1, 0.15) is 25.7 Å².